The summed E-state index contributed by atoms with van der Waals surface area (Å²) in [6.07, 6.45) is 0. The molecule has 1 heterocycles. The molecule has 0 fully saturated rings. The Morgan fingerprint density at radius 2 is 1.80 bits per heavy atom. The lowest BCUT2D eigenvalue weighted by Gasteiger charge is -2.06. The standard InChI is InChI=1S/C15H14N4O/c20-15(17-11-6-2-1-3-7-11)16-10-14-12-8-4-5-9-13(12)18-19-14/h1-9H,10H2,(H,18,19)(H2,16,17,20). The smallest absolute Gasteiger partial charge is 0.319 e. The topological polar surface area (TPSA) is 69.8 Å². The summed E-state index contributed by atoms with van der Waals surface area (Å²) in [6.45, 7) is 0.402. The van der Waals surface area contributed by atoms with Gasteiger partial charge in [0.25, 0.3) is 0 Å². The Morgan fingerprint density at radius 3 is 2.65 bits per heavy atom. The molecule has 1 aromatic heterocycles. The molecule has 2 aromatic carbocycles. The van der Waals surface area contributed by atoms with Crippen molar-refractivity contribution in [2.24, 2.45) is 0 Å². The Hall–Kier alpha value is -2.82. The molecule has 0 aliphatic heterocycles. The summed E-state index contributed by atoms with van der Waals surface area (Å²) < 4.78 is 0. The van der Waals surface area contributed by atoms with E-state index in [-0.39, 0.29) is 6.03 Å². The Balaban J connectivity index is 1.63. The van der Waals surface area contributed by atoms with Crippen molar-refractivity contribution >= 4 is 22.6 Å². The van der Waals surface area contributed by atoms with Gasteiger partial charge in [0.2, 0.25) is 0 Å². The number of rotatable bonds is 3. The summed E-state index contributed by atoms with van der Waals surface area (Å²) in [5.74, 6) is 0. The van der Waals surface area contributed by atoms with Gasteiger partial charge in [0.05, 0.1) is 17.8 Å². The van der Waals surface area contributed by atoms with Crippen molar-refractivity contribution in [3.63, 3.8) is 0 Å². The molecule has 100 valence electrons. The lowest BCUT2D eigenvalue weighted by atomic mass is 10.2. The van der Waals surface area contributed by atoms with Crippen molar-refractivity contribution in [1.82, 2.24) is 15.5 Å². The number of urea groups is 1. The highest BCUT2D eigenvalue weighted by Crippen LogP contribution is 2.14. The Morgan fingerprint density at radius 1 is 1.05 bits per heavy atom. The summed E-state index contributed by atoms with van der Waals surface area (Å²) in [5.41, 5.74) is 2.55. The number of para-hydroxylation sites is 2. The number of aromatic nitrogens is 2. The molecule has 3 N–H and O–H groups in total. The maximum absolute atomic E-state index is 11.8. The number of nitrogens with one attached hydrogen (secondary N) is 3. The normalized spacial score (nSPS) is 10.4. The molecule has 0 spiro atoms. The van der Waals surface area contributed by atoms with Gasteiger partial charge in [-0.25, -0.2) is 4.79 Å². The predicted octanol–water partition coefficient (Wildman–Crippen LogP) is 2.88. The monoisotopic (exact) mass is 266 g/mol. The van der Waals surface area contributed by atoms with E-state index < -0.39 is 0 Å². The minimum absolute atomic E-state index is 0.241. The average molecular weight is 266 g/mol. The van der Waals surface area contributed by atoms with Crippen molar-refractivity contribution < 1.29 is 4.79 Å². The summed E-state index contributed by atoms with van der Waals surface area (Å²) in [5, 5.41) is 13.7. The number of carbonyl (C=O) groups excluding carboxylic acids is 1. The number of hydrogen-bond acceptors (Lipinski definition) is 2. The molecular formula is C15H14N4O. The molecular weight excluding hydrogens is 252 g/mol. The Labute approximate surface area is 116 Å². The SMILES string of the molecule is O=C(NCc1[nH]nc2ccccc12)Nc1ccccc1. The second-order valence-corrected chi connectivity index (χ2v) is 4.39. The number of nitrogens with zero attached hydrogens (tertiary/aromatic N) is 1. The van der Waals surface area contributed by atoms with Crippen LogP contribution in [-0.4, -0.2) is 16.2 Å². The van der Waals surface area contributed by atoms with E-state index in [0.717, 1.165) is 22.3 Å². The van der Waals surface area contributed by atoms with E-state index in [1.54, 1.807) is 0 Å². The lowest BCUT2D eigenvalue weighted by molar-refractivity contribution is 0.251. The third-order valence-corrected chi connectivity index (χ3v) is 3.00. The highest BCUT2D eigenvalue weighted by atomic mass is 16.2. The minimum Gasteiger partial charge on any atom is -0.332 e. The maximum atomic E-state index is 11.8. The molecule has 0 aliphatic carbocycles. The van der Waals surface area contributed by atoms with Gasteiger partial charge in [0, 0.05) is 11.1 Å². The highest BCUT2D eigenvalue weighted by molar-refractivity contribution is 5.89. The van der Waals surface area contributed by atoms with Crippen molar-refractivity contribution in [3.05, 3.63) is 60.3 Å². The van der Waals surface area contributed by atoms with Gasteiger partial charge < -0.3 is 10.6 Å². The van der Waals surface area contributed by atoms with Crippen LogP contribution in [0.25, 0.3) is 10.9 Å². The number of amides is 2. The number of aromatic amines is 1. The molecule has 3 aromatic rings. The molecule has 5 nitrogen and oxygen atoms in total. The fourth-order valence-electron chi connectivity index (χ4n) is 2.01. The van der Waals surface area contributed by atoms with E-state index in [1.807, 2.05) is 54.6 Å². The second-order valence-electron chi connectivity index (χ2n) is 4.39. The molecule has 5 heteroatoms. The van der Waals surface area contributed by atoms with Gasteiger partial charge in [0.15, 0.2) is 0 Å². The molecule has 0 saturated carbocycles. The average Bonchev–Trinajstić information content (AvgIpc) is 2.89. The van der Waals surface area contributed by atoms with Crippen LogP contribution in [0.2, 0.25) is 0 Å². The molecule has 2 amide bonds. The molecule has 0 atom stereocenters. The number of fused-ring (bicyclic) bond motifs is 1. The predicted molar refractivity (Wildman–Crippen MR) is 78.4 cm³/mol. The van der Waals surface area contributed by atoms with Crippen molar-refractivity contribution in [3.8, 4) is 0 Å². The van der Waals surface area contributed by atoms with Crippen molar-refractivity contribution in [2.75, 3.05) is 5.32 Å². The summed E-state index contributed by atoms with van der Waals surface area (Å²) in [7, 11) is 0. The maximum Gasteiger partial charge on any atom is 0.319 e. The summed E-state index contributed by atoms with van der Waals surface area (Å²) >= 11 is 0. The van der Waals surface area contributed by atoms with Gasteiger partial charge in [-0.3, -0.25) is 5.10 Å². The van der Waals surface area contributed by atoms with E-state index in [0.29, 0.717) is 6.54 Å². The number of anilines is 1. The zero-order valence-corrected chi connectivity index (χ0v) is 10.8. The number of benzene rings is 2. The number of hydrogen-bond donors (Lipinski definition) is 3. The van der Waals surface area contributed by atoms with Crippen molar-refractivity contribution in [1.29, 1.82) is 0 Å². The van der Waals surface area contributed by atoms with Gasteiger partial charge in [-0.15, -0.1) is 0 Å². The van der Waals surface area contributed by atoms with Gasteiger partial charge in [0.1, 0.15) is 0 Å². The first kappa shape index (κ1) is 12.2. The Bertz CT molecular complexity index is 721. The third-order valence-electron chi connectivity index (χ3n) is 3.00. The molecule has 0 saturated heterocycles. The first-order valence-electron chi connectivity index (χ1n) is 6.35. The lowest BCUT2D eigenvalue weighted by Crippen LogP contribution is -2.28. The van der Waals surface area contributed by atoms with Gasteiger partial charge >= 0.3 is 6.03 Å². The van der Waals surface area contributed by atoms with E-state index >= 15 is 0 Å². The molecule has 3 rings (SSSR count). The zero-order chi connectivity index (χ0) is 13.8. The van der Waals surface area contributed by atoms with Crippen LogP contribution in [-0.2, 0) is 6.54 Å². The molecule has 0 bridgehead atoms. The zero-order valence-electron chi connectivity index (χ0n) is 10.8. The largest absolute Gasteiger partial charge is 0.332 e. The van der Waals surface area contributed by atoms with E-state index in [4.69, 9.17) is 0 Å². The van der Waals surface area contributed by atoms with E-state index in [9.17, 15) is 4.79 Å². The van der Waals surface area contributed by atoms with E-state index in [1.165, 1.54) is 0 Å². The Kier molecular flexibility index (Phi) is 3.33. The fraction of sp³-hybridized carbons (Fsp3) is 0.0667. The quantitative estimate of drug-likeness (QED) is 0.682. The third kappa shape index (κ3) is 2.61. The van der Waals surface area contributed by atoms with Crippen LogP contribution in [0.4, 0.5) is 10.5 Å². The van der Waals surface area contributed by atoms with Crippen LogP contribution >= 0.6 is 0 Å². The first-order chi connectivity index (χ1) is 9.83. The second kappa shape index (κ2) is 5.44. The van der Waals surface area contributed by atoms with Crippen LogP contribution in [0.3, 0.4) is 0 Å². The van der Waals surface area contributed by atoms with Crippen LogP contribution in [0.5, 0.6) is 0 Å². The fourth-order valence-corrected chi connectivity index (χ4v) is 2.01. The van der Waals surface area contributed by atoms with Crippen LogP contribution in [0.1, 0.15) is 5.69 Å². The summed E-state index contributed by atoms with van der Waals surface area (Å²) in [6, 6.07) is 16.9. The van der Waals surface area contributed by atoms with Gasteiger partial charge in [-0.05, 0) is 18.2 Å². The summed E-state index contributed by atoms with van der Waals surface area (Å²) in [4.78, 5) is 11.8. The highest BCUT2D eigenvalue weighted by Gasteiger charge is 2.06. The van der Waals surface area contributed by atoms with Crippen molar-refractivity contribution in [2.45, 2.75) is 6.54 Å². The van der Waals surface area contributed by atoms with Crippen LogP contribution in [0, 0.1) is 0 Å². The molecule has 0 unspecified atom stereocenters. The first-order valence-corrected chi connectivity index (χ1v) is 6.35. The van der Waals surface area contributed by atoms with Crippen LogP contribution < -0.4 is 10.6 Å². The molecule has 0 aliphatic rings. The van der Waals surface area contributed by atoms with Gasteiger partial charge in [-0.1, -0.05) is 36.4 Å². The van der Waals surface area contributed by atoms with E-state index in [2.05, 4.69) is 20.8 Å². The molecule has 20 heavy (non-hydrogen) atoms. The minimum atomic E-state index is -0.241. The number of carbonyl (C=O) groups is 1. The molecule has 0 radical (unpaired) electrons. The van der Waals surface area contributed by atoms with Crippen LogP contribution in [0.15, 0.2) is 54.6 Å². The van der Waals surface area contributed by atoms with Gasteiger partial charge in [-0.2, -0.15) is 5.10 Å². The number of H-pyrrole nitrogens is 1.